The van der Waals surface area contributed by atoms with E-state index in [2.05, 4.69) is 10.2 Å². The molecule has 2 aromatic carbocycles. The molecule has 2 aromatic rings. The molecule has 0 saturated carbocycles. The van der Waals surface area contributed by atoms with Gasteiger partial charge in [-0.2, -0.15) is 0 Å². The summed E-state index contributed by atoms with van der Waals surface area (Å²) >= 11 is 0. The molecule has 5 nitrogen and oxygen atoms in total. The topological polar surface area (TPSA) is 61.8 Å². The quantitative estimate of drug-likeness (QED) is 0.789. The summed E-state index contributed by atoms with van der Waals surface area (Å²) in [6.07, 6.45) is 1.13. The van der Waals surface area contributed by atoms with Gasteiger partial charge in [-0.15, -0.1) is 0 Å². The molecule has 1 heterocycles. The van der Waals surface area contributed by atoms with E-state index in [0.717, 1.165) is 29.0 Å². The fraction of sp³-hybridized carbons (Fsp3) is 0.409. The van der Waals surface area contributed by atoms with Crippen molar-refractivity contribution in [1.29, 1.82) is 0 Å². The summed E-state index contributed by atoms with van der Waals surface area (Å²) in [5.74, 6) is 0.831. The number of hydrogen-bond donors (Lipinski definition) is 2. The van der Waals surface area contributed by atoms with E-state index in [1.165, 1.54) is 0 Å². The minimum Gasteiger partial charge on any atom is -0.497 e. The van der Waals surface area contributed by atoms with Crippen LogP contribution in [0.25, 0.3) is 0 Å². The number of likely N-dealkylation sites (tertiary alicyclic amines) is 1. The van der Waals surface area contributed by atoms with Gasteiger partial charge in [0.15, 0.2) is 0 Å². The van der Waals surface area contributed by atoms with Crippen molar-refractivity contribution in [2.24, 2.45) is 0 Å². The van der Waals surface area contributed by atoms with Crippen LogP contribution in [0.4, 0.5) is 0 Å². The monoisotopic (exact) mass is 368 g/mol. The molecule has 0 bridgehead atoms. The summed E-state index contributed by atoms with van der Waals surface area (Å²) in [6.45, 7) is 4.57. The van der Waals surface area contributed by atoms with Gasteiger partial charge < -0.3 is 15.2 Å². The molecule has 1 atom stereocenters. The van der Waals surface area contributed by atoms with Crippen molar-refractivity contribution >= 4 is 5.91 Å². The van der Waals surface area contributed by atoms with Crippen LogP contribution in [-0.4, -0.2) is 42.7 Å². The van der Waals surface area contributed by atoms with Crippen LogP contribution < -0.4 is 10.1 Å². The highest BCUT2D eigenvalue weighted by Gasteiger charge is 2.38. The molecular weight excluding hydrogens is 340 g/mol. The highest BCUT2D eigenvalue weighted by Crippen LogP contribution is 2.33. The highest BCUT2D eigenvalue weighted by molar-refractivity contribution is 5.76. The van der Waals surface area contributed by atoms with E-state index in [-0.39, 0.29) is 5.91 Å². The lowest BCUT2D eigenvalue weighted by Crippen LogP contribution is -2.34. The molecule has 1 aliphatic heterocycles. The van der Waals surface area contributed by atoms with Crippen LogP contribution in [0.2, 0.25) is 0 Å². The summed E-state index contributed by atoms with van der Waals surface area (Å²) in [5, 5.41) is 14.0. The average molecular weight is 368 g/mol. The van der Waals surface area contributed by atoms with Crippen LogP contribution in [0.3, 0.4) is 0 Å². The normalized spacial score (nSPS) is 19.8. The Bertz CT molecular complexity index is 775. The van der Waals surface area contributed by atoms with E-state index in [1.54, 1.807) is 7.11 Å². The molecule has 3 rings (SSSR count). The van der Waals surface area contributed by atoms with Gasteiger partial charge in [0.1, 0.15) is 11.4 Å². The summed E-state index contributed by atoms with van der Waals surface area (Å²) in [5.41, 5.74) is 2.33. The van der Waals surface area contributed by atoms with E-state index >= 15 is 0 Å². The number of carbonyl (C=O) groups is 1. The minimum absolute atomic E-state index is 0.0251. The van der Waals surface area contributed by atoms with Crippen LogP contribution in [0, 0.1) is 6.92 Å². The molecule has 0 aliphatic carbocycles. The number of nitrogens with one attached hydrogen (secondary N) is 1. The maximum absolute atomic E-state index is 12.2. The van der Waals surface area contributed by atoms with Crippen molar-refractivity contribution < 1.29 is 14.6 Å². The number of hydrogen-bond acceptors (Lipinski definition) is 4. The molecule has 0 unspecified atom stereocenters. The zero-order valence-electron chi connectivity index (χ0n) is 16.1. The van der Waals surface area contributed by atoms with Crippen LogP contribution >= 0.6 is 0 Å². The third kappa shape index (κ3) is 4.87. The van der Waals surface area contributed by atoms with Gasteiger partial charge in [-0.25, -0.2) is 0 Å². The minimum atomic E-state index is -0.815. The fourth-order valence-electron chi connectivity index (χ4n) is 3.67. The summed E-state index contributed by atoms with van der Waals surface area (Å²) < 4.78 is 5.13. The average Bonchev–Trinajstić information content (AvgIpc) is 3.07. The Morgan fingerprint density at radius 2 is 1.96 bits per heavy atom. The molecule has 1 fully saturated rings. The lowest BCUT2D eigenvalue weighted by molar-refractivity contribution is -0.121. The molecule has 5 heteroatoms. The second-order valence-electron chi connectivity index (χ2n) is 7.25. The zero-order valence-corrected chi connectivity index (χ0v) is 16.1. The smallest absolute Gasteiger partial charge is 0.221 e. The van der Waals surface area contributed by atoms with Gasteiger partial charge in [-0.1, -0.05) is 36.4 Å². The van der Waals surface area contributed by atoms with Crippen molar-refractivity contribution in [3.05, 3.63) is 65.2 Å². The number of β-amino-alcohol motifs (C(OH)–C–C–N with tert-alkyl or cyclic N) is 1. The van der Waals surface area contributed by atoms with E-state index in [4.69, 9.17) is 4.74 Å². The zero-order chi connectivity index (χ0) is 19.3. The van der Waals surface area contributed by atoms with Crippen molar-refractivity contribution in [2.75, 3.05) is 26.7 Å². The Morgan fingerprint density at radius 3 is 2.67 bits per heavy atom. The molecule has 27 heavy (non-hydrogen) atoms. The maximum Gasteiger partial charge on any atom is 0.221 e. The van der Waals surface area contributed by atoms with Crippen LogP contribution in [-0.2, 0) is 16.9 Å². The number of ether oxygens (including phenoxy) is 1. The molecule has 144 valence electrons. The third-order valence-electron chi connectivity index (χ3n) is 5.28. The van der Waals surface area contributed by atoms with Gasteiger partial charge in [-0.3, -0.25) is 9.69 Å². The maximum atomic E-state index is 12.2. The molecule has 1 aliphatic rings. The number of rotatable bonds is 7. The van der Waals surface area contributed by atoms with Gasteiger partial charge in [-0.05, 0) is 42.2 Å². The highest BCUT2D eigenvalue weighted by atomic mass is 16.5. The molecular formula is C22H28N2O3. The predicted octanol–water partition coefficient (Wildman–Crippen LogP) is 2.60. The predicted molar refractivity (Wildman–Crippen MR) is 106 cm³/mol. The Hall–Kier alpha value is -2.37. The summed E-state index contributed by atoms with van der Waals surface area (Å²) in [7, 11) is 1.63. The molecule has 0 spiro atoms. The summed E-state index contributed by atoms with van der Waals surface area (Å²) in [6, 6.07) is 15.7. The molecule has 0 aromatic heterocycles. The number of carbonyl (C=O) groups excluding carboxylic acids is 1. The van der Waals surface area contributed by atoms with E-state index < -0.39 is 5.60 Å². The Morgan fingerprint density at radius 1 is 1.22 bits per heavy atom. The third-order valence-corrected chi connectivity index (χ3v) is 5.28. The second kappa shape index (κ2) is 8.55. The lowest BCUT2D eigenvalue weighted by Gasteiger charge is -2.25. The number of aliphatic hydroxyl groups is 1. The largest absolute Gasteiger partial charge is 0.497 e. The molecule has 1 saturated heterocycles. The van der Waals surface area contributed by atoms with Gasteiger partial charge in [0.2, 0.25) is 5.91 Å². The van der Waals surface area contributed by atoms with Gasteiger partial charge in [0.05, 0.1) is 7.11 Å². The Labute approximate surface area is 161 Å². The van der Waals surface area contributed by atoms with Gasteiger partial charge >= 0.3 is 0 Å². The van der Waals surface area contributed by atoms with Crippen LogP contribution in [0.1, 0.15) is 29.5 Å². The summed E-state index contributed by atoms with van der Waals surface area (Å²) in [4.78, 5) is 14.3. The molecule has 2 N–H and O–H groups in total. The molecule has 1 amide bonds. The first kappa shape index (κ1) is 19.4. The number of benzene rings is 2. The standard InChI is InChI=1S/C22H28N2O3/c1-17-5-3-4-6-20(17)22(26)12-14-24(16-22)13-11-21(25)23-15-18-7-9-19(27-2)10-8-18/h3-10,26H,11-16H2,1-2H3,(H,23,25)/t22-/m0/s1. The fourth-order valence-corrected chi connectivity index (χ4v) is 3.67. The van der Waals surface area contributed by atoms with Crippen molar-refractivity contribution in [3.8, 4) is 5.75 Å². The number of nitrogens with zero attached hydrogens (tertiary/aromatic N) is 1. The number of amides is 1. The first-order valence-electron chi connectivity index (χ1n) is 9.41. The second-order valence-corrected chi connectivity index (χ2v) is 7.25. The SMILES string of the molecule is COc1ccc(CNC(=O)CCN2CC[C@@](O)(c3ccccc3C)C2)cc1. The van der Waals surface area contributed by atoms with Crippen molar-refractivity contribution in [3.63, 3.8) is 0 Å². The van der Waals surface area contributed by atoms with E-state index in [1.807, 2.05) is 55.5 Å². The van der Waals surface area contributed by atoms with Crippen molar-refractivity contribution in [2.45, 2.75) is 31.9 Å². The Balaban J connectivity index is 1.45. The van der Waals surface area contributed by atoms with Crippen LogP contribution in [0.15, 0.2) is 48.5 Å². The number of aryl methyl sites for hydroxylation is 1. The number of methoxy groups -OCH3 is 1. The first-order valence-corrected chi connectivity index (χ1v) is 9.41. The Kier molecular flexibility index (Phi) is 6.14. The first-order chi connectivity index (χ1) is 13.0. The van der Waals surface area contributed by atoms with E-state index in [9.17, 15) is 9.90 Å². The lowest BCUT2D eigenvalue weighted by atomic mass is 9.89. The van der Waals surface area contributed by atoms with Crippen LogP contribution in [0.5, 0.6) is 5.75 Å². The van der Waals surface area contributed by atoms with Gasteiger partial charge in [0.25, 0.3) is 0 Å². The van der Waals surface area contributed by atoms with Crippen molar-refractivity contribution in [1.82, 2.24) is 10.2 Å². The molecule has 0 radical (unpaired) electrons. The van der Waals surface area contributed by atoms with Gasteiger partial charge in [0, 0.05) is 32.6 Å². The van der Waals surface area contributed by atoms with E-state index in [0.29, 0.717) is 32.5 Å².